The third-order valence-electron chi connectivity index (χ3n) is 3.78. The first-order valence-electron chi connectivity index (χ1n) is 7.14. The average Bonchev–Trinajstić information content (AvgIpc) is 2.96. The molecule has 0 saturated carbocycles. The van der Waals surface area contributed by atoms with E-state index in [1.807, 2.05) is 36.5 Å². The van der Waals surface area contributed by atoms with Crippen molar-refractivity contribution in [2.45, 2.75) is 12.8 Å². The highest BCUT2D eigenvalue weighted by Crippen LogP contribution is 2.29. The van der Waals surface area contributed by atoms with Crippen molar-refractivity contribution in [1.29, 1.82) is 0 Å². The van der Waals surface area contributed by atoms with E-state index in [1.165, 1.54) is 6.07 Å². The Morgan fingerprint density at radius 2 is 1.95 bits per heavy atom. The van der Waals surface area contributed by atoms with Crippen LogP contribution in [-0.2, 0) is 0 Å². The summed E-state index contributed by atoms with van der Waals surface area (Å²) in [7, 11) is 0. The van der Waals surface area contributed by atoms with Crippen molar-refractivity contribution in [2.24, 2.45) is 0 Å². The van der Waals surface area contributed by atoms with E-state index in [9.17, 15) is 10.1 Å². The van der Waals surface area contributed by atoms with Gasteiger partial charge in [-0.05, 0) is 17.2 Å². The zero-order valence-corrected chi connectivity index (χ0v) is 12.2. The van der Waals surface area contributed by atoms with Gasteiger partial charge in [-0.25, -0.2) is 0 Å². The van der Waals surface area contributed by atoms with Crippen LogP contribution in [0.15, 0.2) is 60.8 Å². The lowest BCUT2D eigenvalue weighted by Gasteiger charge is -2.05. The highest BCUT2D eigenvalue weighted by Gasteiger charge is 2.13. The van der Waals surface area contributed by atoms with Crippen molar-refractivity contribution < 1.29 is 4.92 Å². The second kappa shape index (κ2) is 5.85. The lowest BCUT2D eigenvalue weighted by Crippen LogP contribution is -1.90. The number of hydrogen-bond acceptors (Lipinski definition) is 2. The minimum Gasteiger partial charge on any atom is -0.361 e. The maximum Gasteiger partial charge on any atom is 0.270 e. The maximum absolute atomic E-state index is 10.9. The fourth-order valence-electron chi connectivity index (χ4n) is 2.54. The van der Waals surface area contributed by atoms with Crippen LogP contribution in [0.5, 0.6) is 0 Å². The number of non-ortho nitro benzene ring substituents is 1. The molecule has 1 heterocycles. The van der Waals surface area contributed by atoms with E-state index in [0.717, 1.165) is 22.0 Å². The largest absolute Gasteiger partial charge is 0.361 e. The number of nitrogens with zero attached hydrogens (tertiary/aromatic N) is 1. The number of aromatic amines is 1. The zero-order valence-electron chi connectivity index (χ0n) is 12.2. The molecule has 0 aliphatic rings. The Kier molecular flexibility index (Phi) is 3.74. The van der Waals surface area contributed by atoms with Crippen LogP contribution >= 0.6 is 0 Å². The Bertz CT molecular complexity index is 835. The van der Waals surface area contributed by atoms with E-state index in [-0.39, 0.29) is 16.5 Å². The third kappa shape index (κ3) is 2.76. The van der Waals surface area contributed by atoms with Gasteiger partial charge >= 0.3 is 0 Å². The second-order valence-electron chi connectivity index (χ2n) is 5.29. The summed E-state index contributed by atoms with van der Waals surface area (Å²) in [5.41, 5.74) is 3.24. The van der Waals surface area contributed by atoms with Crippen LogP contribution in [0.25, 0.3) is 17.0 Å². The summed E-state index contributed by atoms with van der Waals surface area (Å²) < 4.78 is 0. The van der Waals surface area contributed by atoms with E-state index in [0.29, 0.717) is 0 Å². The molecular formula is C18H16N2O2. The summed E-state index contributed by atoms with van der Waals surface area (Å²) >= 11 is 0. The molecule has 1 atom stereocenters. The van der Waals surface area contributed by atoms with Crippen LogP contribution in [0, 0.1) is 10.1 Å². The smallest absolute Gasteiger partial charge is 0.270 e. The fourth-order valence-corrected chi connectivity index (χ4v) is 2.54. The summed E-state index contributed by atoms with van der Waals surface area (Å²) in [5, 5.41) is 11.8. The van der Waals surface area contributed by atoms with Crippen LogP contribution < -0.4 is 0 Å². The number of nitrogens with one attached hydrogen (secondary N) is 1. The first-order chi connectivity index (χ1) is 10.6. The molecule has 0 spiro atoms. The van der Waals surface area contributed by atoms with Crippen LogP contribution in [-0.4, -0.2) is 9.91 Å². The Morgan fingerprint density at radius 1 is 1.18 bits per heavy atom. The van der Waals surface area contributed by atoms with Crippen LogP contribution in [0.2, 0.25) is 0 Å². The summed E-state index contributed by atoms with van der Waals surface area (Å²) in [5.74, 6) is 0.163. The fraction of sp³-hybridized carbons (Fsp3) is 0.111. The van der Waals surface area contributed by atoms with Gasteiger partial charge in [-0.15, -0.1) is 0 Å². The molecule has 4 nitrogen and oxygen atoms in total. The molecule has 3 aromatic rings. The number of allylic oxidation sites excluding steroid dienone is 1. The van der Waals surface area contributed by atoms with Crippen molar-refractivity contribution in [3.05, 3.63) is 82.0 Å². The van der Waals surface area contributed by atoms with Crippen molar-refractivity contribution in [2.75, 3.05) is 0 Å². The van der Waals surface area contributed by atoms with E-state index in [1.54, 1.807) is 12.1 Å². The predicted molar refractivity (Wildman–Crippen MR) is 88.8 cm³/mol. The minimum atomic E-state index is -0.360. The van der Waals surface area contributed by atoms with Crippen LogP contribution in [0.3, 0.4) is 0 Å². The maximum atomic E-state index is 10.9. The average molecular weight is 292 g/mol. The summed E-state index contributed by atoms with van der Waals surface area (Å²) in [6, 6.07) is 15.0. The van der Waals surface area contributed by atoms with Gasteiger partial charge in [0.25, 0.3) is 5.69 Å². The summed E-state index contributed by atoms with van der Waals surface area (Å²) in [4.78, 5) is 13.8. The van der Waals surface area contributed by atoms with E-state index < -0.39 is 0 Å². The number of rotatable bonds is 4. The highest BCUT2D eigenvalue weighted by molar-refractivity contribution is 5.86. The number of hydrogen-bond donors (Lipinski definition) is 1. The topological polar surface area (TPSA) is 58.9 Å². The Labute approximate surface area is 128 Å². The highest BCUT2D eigenvalue weighted by atomic mass is 16.6. The van der Waals surface area contributed by atoms with E-state index in [2.05, 4.69) is 24.1 Å². The molecule has 0 aliphatic carbocycles. The first-order valence-corrected chi connectivity index (χ1v) is 7.14. The minimum absolute atomic E-state index is 0.118. The standard InChI is InChI=1S/C18H16N2O2/c1-13(7-8-14-5-3-2-4-6-14)17-12-19-18-10-9-15(20(21)22)11-16(17)18/h2-13,19H,1H3/b8-7+. The molecule has 0 bridgehead atoms. The number of nitro benzene ring substituents is 1. The van der Waals surface area contributed by atoms with Gasteiger partial charge in [0, 0.05) is 35.2 Å². The number of fused-ring (bicyclic) bond motifs is 1. The van der Waals surface area contributed by atoms with Gasteiger partial charge in [0.1, 0.15) is 0 Å². The molecule has 0 saturated heterocycles. The van der Waals surface area contributed by atoms with Gasteiger partial charge in [0.15, 0.2) is 0 Å². The second-order valence-corrected chi connectivity index (χ2v) is 5.29. The molecule has 2 aromatic carbocycles. The molecule has 22 heavy (non-hydrogen) atoms. The molecule has 3 rings (SSSR count). The van der Waals surface area contributed by atoms with Gasteiger partial charge in [0.05, 0.1) is 4.92 Å². The molecular weight excluding hydrogens is 276 g/mol. The van der Waals surface area contributed by atoms with Gasteiger partial charge in [0.2, 0.25) is 0 Å². The molecule has 0 aliphatic heterocycles. The lowest BCUT2D eigenvalue weighted by atomic mass is 9.99. The first kappa shape index (κ1) is 14.1. The third-order valence-corrected chi connectivity index (χ3v) is 3.78. The van der Waals surface area contributed by atoms with E-state index >= 15 is 0 Å². The monoisotopic (exact) mass is 292 g/mol. The molecule has 4 heteroatoms. The van der Waals surface area contributed by atoms with Gasteiger partial charge in [-0.3, -0.25) is 10.1 Å². The lowest BCUT2D eigenvalue weighted by molar-refractivity contribution is -0.384. The van der Waals surface area contributed by atoms with Gasteiger partial charge in [-0.1, -0.05) is 49.4 Å². The zero-order chi connectivity index (χ0) is 15.5. The number of nitro groups is 1. The Hall–Kier alpha value is -2.88. The number of aromatic nitrogens is 1. The quantitative estimate of drug-likeness (QED) is 0.549. The van der Waals surface area contributed by atoms with Gasteiger partial charge < -0.3 is 4.98 Å². The Balaban J connectivity index is 1.93. The van der Waals surface area contributed by atoms with Crippen molar-refractivity contribution in [3.8, 4) is 0 Å². The number of benzene rings is 2. The predicted octanol–water partition coefficient (Wildman–Crippen LogP) is 4.89. The Morgan fingerprint density at radius 3 is 2.68 bits per heavy atom. The SMILES string of the molecule is CC(/C=C/c1ccccc1)c1c[nH]c2ccc([N+](=O)[O-])cc12. The summed E-state index contributed by atoms with van der Waals surface area (Å²) in [6.07, 6.45) is 6.10. The van der Waals surface area contributed by atoms with E-state index in [4.69, 9.17) is 0 Å². The molecule has 1 N–H and O–H groups in total. The normalized spacial score (nSPS) is 12.8. The number of H-pyrrole nitrogens is 1. The molecule has 110 valence electrons. The molecule has 0 radical (unpaired) electrons. The van der Waals surface area contributed by atoms with Crippen LogP contribution in [0.1, 0.15) is 24.0 Å². The van der Waals surface area contributed by atoms with Gasteiger partial charge in [-0.2, -0.15) is 0 Å². The van der Waals surface area contributed by atoms with Crippen molar-refractivity contribution in [3.63, 3.8) is 0 Å². The molecule has 1 unspecified atom stereocenters. The van der Waals surface area contributed by atoms with Crippen molar-refractivity contribution >= 4 is 22.7 Å². The molecule has 1 aromatic heterocycles. The molecule has 0 fully saturated rings. The molecule has 0 amide bonds. The van der Waals surface area contributed by atoms with Crippen molar-refractivity contribution in [1.82, 2.24) is 4.98 Å². The summed E-state index contributed by atoms with van der Waals surface area (Å²) in [6.45, 7) is 2.08. The van der Waals surface area contributed by atoms with Crippen LogP contribution in [0.4, 0.5) is 5.69 Å².